The average Bonchev–Trinajstić information content (AvgIpc) is 2.26. The maximum Gasteiger partial charge on any atom is 0.186 e. The molecule has 5 heteroatoms. The summed E-state index contributed by atoms with van der Waals surface area (Å²) in [6.07, 6.45) is 0.612. The average molecular weight is 225 g/mol. The molecule has 0 heterocycles. The van der Waals surface area contributed by atoms with Crippen LogP contribution in [0.3, 0.4) is 0 Å². The van der Waals surface area contributed by atoms with Crippen molar-refractivity contribution in [2.75, 3.05) is 33.2 Å². The van der Waals surface area contributed by atoms with Gasteiger partial charge in [0.1, 0.15) is 11.4 Å². The number of methoxy groups -OCH3 is 2. The Morgan fingerprint density at radius 2 is 1.94 bits per heavy atom. The van der Waals surface area contributed by atoms with E-state index >= 15 is 0 Å². The van der Waals surface area contributed by atoms with Crippen LogP contribution in [-0.4, -0.2) is 39.7 Å². The second-order valence-corrected chi connectivity index (χ2v) is 3.41. The number of hydrogen-bond donors (Lipinski definition) is 1. The zero-order valence-electron chi connectivity index (χ0n) is 9.77. The molecule has 0 aliphatic heterocycles. The lowest BCUT2D eigenvalue weighted by Gasteiger charge is -2.20. The van der Waals surface area contributed by atoms with Gasteiger partial charge in [0.15, 0.2) is 17.8 Å². The topological polar surface area (TPSA) is 59.0 Å². The second kappa shape index (κ2) is 4.74. The predicted molar refractivity (Wildman–Crippen MR) is 60.9 cm³/mol. The monoisotopic (exact) mass is 225 g/mol. The highest BCUT2D eigenvalue weighted by Gasteiger charge is 2.20. The molecule has 0 spiro atoms. The summed E-state index contributed by atoms with van der Waals surface area (Å²) in [5.41, 5.74) is 0.729. The molecule has 0 bridgehead atoms. The summed E-state index contributed by atoms with van der Waals surface area (Å²) in [4.78, 5) is 12.5. The molecule has 16 heavy (non-hydrogen) atoms. The number of carbonyl (C=O) groups is 1. The molecule has 0 atom stereocenters. The number of anilines is 1. The molecule has 0 amide bonds. The van der Waals surface area contributed by atoms with Crippen LogP contribution in [-0.2, 0) is 0 Å². The van der Waals surface area contributed by atoms with Gasteiger partial charge in [-0.2, -0.15) is 0 Å². The zero-order chi connectivity index (χ0) is 12.3. The van der Waals surface area contributed by atoms with Gasteiger partial charge >= 0.3 is 0 Å². The van der Waals surface area contributed by atoms with Crippen molar-refractivity contribution in [3.63, 3.8) is 0 Å². The molecule has 0 aliphatic rings. The number of carbonyl (C=O) groups excluding carboxylic acids is 1. The smallest absolute Gasteiger partial charge is 0.186 e. The minimum atomic E-state index is -0.103. The van der Waals surface area contributed by atoms with Gasteiger partial charge in [0, 0.05) is 14.1 Å². The van der Waals surface area contributed by atoms with Crippen molar-refractivity contribution in [3.8, 4) is 17.2 Å². The number of nitrogens with zero attached hydrogens (tertiary/aromatic N) is 1. The van der Waals surface area contributed by atoms with Crippen LogP contribution in [0, 0.1) is 0 Å². The van der Waals surface area contributed by atoms with E-state index in [1.54, 1.807) is 19.0 Å². The zero-order valence-corrected chi connectivity index (χ0v) is 9.77. The van der Waals surface area contributed by atoms with Crippen LogP contribution in [0.2, 0.25) is 0 Å². The number of phenolic OH excluding ortho intramolecular Hbond substituents is 1. The van der Waals surface area contributed by atoms with E-state index in [0.717, 1.165) is 0 Å². The Kier molecular flexibility index (Phi) is 3.60. The number of benzene rings is 1. The number of phenols is 1. The first-order valence-corrected chi connectivity index (χ1v) is 4.67. The minimum absolute atomic E-state index is 0.103. The minimum Gasteiger partial charge on any atom is -0.503 e. The van der Waals surface area contributed by atoms with Gasteiger partial charge in [0.2, 0.25) is 0 Å². The normalized spacial score (nSPS) is 9.75. The Bertz CT molecular complexity index is 401. The molecule has 0 saturated heterocycles. The van der Waals surface area contributed by atoms with Crippen molar-refractivity contribution in [3.05, 3.63) is 11.6 Å². The lowest BCUT2D eigenvalue weighted by Crippen LogP contribution is -2.11. The highest BCUT2D eigenvalue weighted by molar-refractivity contribution is 5.87. The van der Waals surface area contributed by atoms with Crippen molar-refractivity contribution in [1.29, 1.82) is 0 Å². The molecule has 1 rings (SSSR count). The summed E-state index contributed by atoms with van der Waals surface area (Å²) in [7, 11) is 6.39. The number of ether oxygens (including phenoxy) is 2. The molecule has 0 unspecified atom stereocenters. The molecule has 1 N–H and O–H groups in total. The number of rotatable bonds is 4. The second-order valence-electron chi connectivity index (χ2n) is 3.41. The number of aldehydes is 1. The first kappa shape index (κ1) is 12.2. The third kappa shape index (κ3) is 1.88. The van der Waals surface area contributed by atoms with Crippen LogP contribution in [0.25, 0.3) is 0 Å². The summed E-state index contributed by atoms with van der Waals surface area (Å²) in [5.74, 6) is 0.471. The molecular weight excluding hydrogens is 210 g/mol. The highest BCUT2D eigenvalue weighted by atomic mass is 16.5. The first-order valence-electron chi connectivity index (χ1n) is 4.67. The van der Waals surface area contributed by atoms with Crippen LogP contribution in [0.15, 0.2) is 6.07 Å². The molecule has 88 valence electrons. The Morgan fingerprint density at radius 1 is 1.31 bits per heavy atom. The fraction of sp³-hybridized carbons (Fsp3) is 0.364. The summed E-state index contributed by atoms with van der Waals surface area (Å²) >= 11 is 0. The number of aromatic hydroxyl groups is 1. The molecular formula is C11H15NO4. The maximum absolute atomic E-state index is 10.8. The van der Waals surface area contributed by atoms with Gasteiger partial charge in [-0.3, -0.25) is 4.79 Å². The summed E-state index contributed by atoms with van der Waals surface area (Å²) in [5, 5.41) is 9.98. The standard InChI is InChI=1S/C11H15NO4/c1-12(2)9-8(15-3)5-7(6-13)11(16-4)10(9)14/h5-6,14H,1-4H3. The maximum atomic E-state index is 10.8. The largest absolute Gasteiger partial charge is 0.503 e. The van der Waals surface area contributed by atoms with Crippen LogP contribution < -0.4 is 14.4 Å². The van der Waals surface area contributed by atoms with Gasteiger partial charge in [0.05, 0.1) is 19.8 Å². The Labute approximate surface area is 94.2 Å². The SMILES string of the molecule is COc1cc(C=O)c(OC)c(O)c1N(C)C. The molecule has 1 aromatic rings. The van der Waals surface area contributed by atoms with Crippen molar-refractivity contribution < 1.29 is 19.4 Å². The Morgan fingerprint density at radius 3 is 2.31 bits per heavy atom. The van der Waals surface area contributed by atoms with Crippen molar-refractivity contribution in [1.82, 2.24) is 0 Å². The van der Waals surface area contributed by atoms with Gasteiger partial charge in [0.25, 0.3) is 0 Å². The Hall–Kier alpha value is -1.91. The van der Waals surface area contributed by atoms with Gasteiger partial charge in [-0.1, -0.05) is 0 Å². The Balaban J connectivity index is 3.54. The van der Waals surface area contributed by atoms with E-state index in [-0.39, 0.29) is 17.1 Å². The molecule has 0 aromatic heterocycles. The number of hydrogen-bond acceptors (Lipinski definition) is 5. The van der Waals surface area contributed by atoms with E-state index in [1.165, 1.54) is 20.3 Å². The highest BCUT2D eigenvalue weighted by Crippen LogP contribution is 2.44. The third-order valence-electron chi connectivity index (χ3n) is 2.22. The van der Waals surface area contributed by atoms with E-state index < -0.39 is 0 Å². The summed E-state index contributed by atoms with van der Waals surface area (Å²) in [6, 6.07) is 1.53. The van der Waals surface area contributed by atoms with Gasteiger partial charge in [-0.05, 0) is 6.07 Å². The van der Waals surface area contributed by atoms with Crippen LogP contribution >= 0.6 is 0 Å². The third-order valence-corrected chi connectivity index (χ3v) is 2.22. The molecule has 0 fully saturated rings. The molecule has 1 aromatic carbocycles. The van der Waals surface area contributed by atoms with Gasteiger partial charge in [-0.15, -0.1) is 0 Å². The lowest BCUT2D eigenvalue weighted by atomic mass is 10.1. The van der Waals surface area contributed by atoms with Gasteiger partial charge in [-0.25, -0.2) is 0 Å². The van der Waals surface area contributed by atoms with Crippen molar-refractivity contribution >= 4 is 12.0 Å². The van der Waals surface area contributed by atoms with Gasteiger partial charge < -0.3 is 19.5 Å². The molecule has 0 saturated carbocycles. The van der Waals surface area contributed by atoms with E-state index in [2.05, 4.69) is 0 Å². The van der Waals surface area contributed by atoms with Crippen LogP contribution in [0.5, 0.6) is 17.2 Å². The summed E-state index contributed by atoms with van der Waals surface area (Å²) < 4.78 is 10.1. The molecule has 0 radical (unpaired) electrons. The van der Waals surface area contributed by atoms with E-state index in [9.17, 15) is 9.90 Å². The van der Waals surface area contributed by atoms with Crippen molar-refractivity contribution in [2.45, 2.75) is 0 Å². The lowest BCUT2D eigenvalue weighted by molar-refractivity contribution is 0.111. The molecule has 5 nitrogen and oxygen atoms in total. The first-order chi connectivity index (χ1) is 7.56. The van der Waals surface area contributed by atoms with Crippen LogP contribution in [0.4, 0.5) is 5.69 Å². The fourth-order valence-electron chi connectivity index (χ4n) is 1.53. The van der Waals surface area contributed by atoms with E-state index in [1.807, 2.05) is 0 Å². The predicted octanol–water partition coefficient (Wildman–Crippen LogP) is 1.29. The van der Waals surface area contributed by atoms with E-state index in [0.29, 0.717) is 17.7 Å². The fourth-order valence-corrected chi connectivity index (χ4v) is 1.53. The molecule has 0 aliphatic carbocycles. The summed E-state index contributed by atoms with van der Waals surface area (Å²) in [6.45, 7) is 0. The van der Waals surface area contributed by atoms with Crippen molar-refractivity contribution in [2.24, 2.45) is 0 Å². The quantitative estimate of drug-likeness (QED) is 0.782. The van der Waals surface area contributed by atoms with Crippen LogP contribution in [0.1, 0.15) is 10.4 Å². The van der Waals surface area contributed by atoms with E-state index in [4.69, 9.17) is 9.47 Å².